The summed E-state index contributed by atoms with van der Waals surface area (Å²) in [6, 6.07) is 0. The molecule has 1 N–H and O–H groups in total. The van der Waals surface area contributed by atoms with E-state index in [0.29, 0.717) is 0 Å². The molecule has 3 aliphatic rings. The summed E-state index contributed by atoms with van der Waals surface area (Å²) in [5.74, 6) is -0.465. The van der Waals surface area contributed by atoms with E-state index >= 15 is 0 Å². The lowest BCUT2D eigenvalue weighted by atomic mass is 9.49. The number of hydrogen-bond donors (Lipinski definition) is 1. The van der Waals surface area contributed by atoms with Gasteiger partial charge in [-0.15, -0.1) is 0 Å². The lowest BCUT2D eigenvalue weighted by Crippen LogP contribution is -2.63. The van der Waals surface area contributed by atoms with Crippen LogP contribution in [0.3, 0.4) is 0 Å². The van der Waals surface area contributed by atoms with Crippen molar-refractivity contribution in [3.63, 3.8) is 0 Å². The summed E-state index contributed by atoms with van der Waals surface area (Å²) in [6.07, 6.45) is 3.92. The molecule has 2 heterocycles. The zero-order valence-corrected chi connectivity index (χ0v) is 14.2. The van der Waals surface area contributed by atoms with Gasteiger partial charge in [-0.05, 0) is 53.2 Å². The van der Waals surface area contributed by atoms with E-state index < -0.39 is 22.3 Å². The van der Waals surface area contributed by atoms with Gasteiger partial charge in [0.1, 0.15) is 7.85 Å². The van der Waals surface area contributed by atoms with E-state index in [1.807, 2.05) is 4.90 Å². The van der Waals surface area contributed by atoms with E-state index in [2.05, 4.69) is 13.8 Å². The molecule has 3 nitrogen and oxygen atoms in total. The average molecular weight is 302 g/mol. The Hall–Kier alpha value is 0.205. The molecule has 3 fully saturated rings. The van der Waals surface area contributed by atoms with Crippen molar-refractivity contribution in [1.82, 2.24) is 4.90 Å². The summed E-state index contributed by atoms with van der Waals surface area (Å²) in [6.45, 7) is 6.06. The third kappa shape index (κ3) is 2.97. The Morgan fingerprint density at radius 3 is 1.87 bits per heavy atom. The van der Waals surface area contributed by atoms with Crippen molar-refractivity contribution < 1.29 is 9.84 Å². The molecule has 3 atom stereocenters. The quantitative estimate of drug-likeness (QED) is 0.712. The lowest BCUT2D eigenvalue weighted by molar-refractivity contribution is -0.134. The summed E-state index contributed by atoms with van der Waals surface area (Å²) in [5.41, 5.74) is -1.23. The Morgan fingerprint density at radius 2 is 1.43 bits per heavy atom. The molecular weight excluding hydrogens is 280 g/mol. The first-order valence-corrected chi connectivity index (χ1v) is 8.41. The highest BCUT2D eigenvalue weighted by atomic mass is 16.5. The predicted molar refractivity (Wildman–Crippen MR) is 94.6 cm³/mol. The molecule has 0 aromatic rings. The standard InChI is InChI=1S/C15H22B5NO2/c1-11-4-3-5-12(11,2)9-21(8-11)15(20,22)10-6-13(16,17)23-14(18,19)7-10/h10,22H,3-9H2,1-2H3/t11-,12?,15?/m1/s1. The zero-order valence-electron chi connectivity index (χ0n) is 14.2. The average Bonchev–Trinajstić information content (AvgIpc) is 2.73. The molecule has 0 bridgehead atoms. The lowest BCUT2D eigenvalue weighted by Gasteiger charge is -2.53. The zero-order chi connectivity index (χ0) is 17.3. The fourth-order valence-electron chi connectivity index (χ4n) is 5.00. The van der Waals surface area contributed by atoms with Crippen LogP contribution in [0, 0.1) is 16.7 Å². The van der Waals surface area contributed by atoms with Gasteiger partial charge in [0, 0.05) is 13.1 Å². The molecule has 0 amide bonds. The van der Waals surface area contributed by atoms with Gasteiger partial charge in [-0.25, -0.2) is 0 Å². The first kappa shape index (κ1) is 18.0. The number of aliphatic hydroxyl groups is 1. The summed E-state index contributed by atoms with van der Waals surface area (Å²) in [5, 5.41) is 8.12. The largest absolute Gasteiger partial charge is 0.407 e. The first-order valence-electron chi connectivity index (χ1n) is 8.41. The van der Waals surface area contributed by atoms with Gasteiger partial charge in [-0.3, -0.25) is 4.90 Å². The van der Waals surface area contributed by atoms with Gasteiger partial charge in [0.2, 0.25) is 0 Å². The minimum Gasteiger partial charge on any atom is -0.407 e. The summed E-state index contributed by atoms with van der Waals surface area (Å²) >= 11 is 0. The van der Waals surface area contributed by atoms with Crippen molar-refractivity contribution in [2.75, 3.05) is 13.1 Å². The van der Waals surface area contributed by atoms with E-state index in [4.69, 9.17) is 44.0 Å². The first-order chi connectivity index (χ1) is 10.3. The Kier molecular flexibility index (Phi) is 4.00. The molecule has 0 aromatic carbocycles. The van der Waals surface area contributed by atoms with Crippen LogP contribution in [0.2, 0.25) is 0 Å². The smallest absolute Gasteiger partial charge is 0.136 e. The normalized spacial score (nSPS) is 43.1. The number of hydrogen-bond acceptors (Lipinski definition) is 3. The second-order valence-electron chi connectivity index (χ2n) is 8.73. The topological polar surface area (TPSA) is 32.7 Å². The van der Waals surface area contributed by atoms with Crippen molar-refractivity contribution in [2.24, 2.45) is 16.7 Å². The Morgan fingerprint density at radius 1 is 1.00 bits per heavy atom. The van der Waals surface area contributed by atoms with Crippen molar-refractivity contribution >= 4 is 39.2 Å². The fourth-order valence-corrected chi connectivity index (χ4v) is 5.00. The van der Waals surface area contributed by atoms with Crippen molar-refractivity contribution in [3.05, 3.63) is 0 Å². The van der Waals surface area contributed by atoms with Gasteiger partial charge in [0.15, 0.2) is 0 Å². The van der Waals surface area contributed by atoms with Crippen LogP contribution >= 0.6 is 0 Å². The van der Waals surface area contributed by atoms with Gasteiger partial charge in [0.05, 0.1) is 37.0 Å². The molecule has 3 rings (SSSR count). The maximum atomic E-state index is 11.1. The van der Waals surface area contributed by atoms with Crippen molar-refractivity contribution in [2.45, 2.75) is 62.4 Å². The molecule has 10 radical (unpaired) electrons. The highest BCUT2D eigenvalue weighted by Gasteiger charge is 2.58. The molecular formula is C15H22B5NO2. The molecule has 1 aliphatic carbocycles. The molecule has 114 valence electrons. The maximum absolute atomic E-state index is 11.1. The van der Waals surface area contributed by atoms with Crippen LogP contribution in [0.1, 0.15) is 46.0 Å². The van der Waals surface area contributed by atoms with Crippen molar-refractivity contribution in [1.29, 1.82) is 0 Å². The molecule has 2 unspecified atom stereocenters. The van der Waals surface area contributed by atoms with Gasteiger partial charge in [0.25, 0.3) is 0 Å². The number of nitrogens with zero attached hydrogens (tertiary/aromatic N) is 1. The number of rotatable bonds is 2. The fraction of sp³-hybridized carbons (Fsp3) is 1.00. The van der Waals surface area contributed by atoms with Gasteiger partial charge in [-0.1, -0.05) is 20.3 Å². The minimum atomic E-state index is -1.56. The molecule has 1 saturated carbocycles. The summed E-state index contributed by atoms with van der Waals surface area (Å²) < 4.78 is 5.29. The molecule has 23 heavy (non-hydrogen) atoms. The van der Waals surface area contributed by atoms with Crippen molar-refractivity contribution in [3.8, 4) is 0 Å². The maximum Gasteiger partial charge on any atom is 0.136 e. The molecule has 2 aliphatic heterocycles. The highest BCUT2D eigenvalue weighted by molar-refractivity contribution is 6.42. The Bertz CT molecular complexity index is 466. The van der Waals surface area contributed by atoms with Crippen LogP contribution < -0.4 is 0 Å². The van der Waals surface area contributed by atoms with Gasteiger partial charge in [-0.2, -0.15) is 0 Å². The van der Waals surface area contributed by atoms with E-state index in [0.717, 1.165) is 25.9 Å². The third-order valence-electron chi connectivity index (χ3n) is 6.61. The van der Waals surface area contributed by atoms with E-state index in [1.54, 1.807) is 0 Å². The van der Waals surface area contributed by atoms with Crippen LogP contribution in [0.5, 0.6) is 0 Å². The van der Waals surface area contributed by atoms with Crippen LogP contribution in [0.4, 0.5) is 0 Å². The Labute approximate surface area is 146 Å². The minimum absolute atomic E-state index is 0.163. The van der Waals surface area contributed by atoms with Crippen LogP contribution in [-0.2, 0) is 4.74 Å². The van der Waals surface area contributed by atoms with Crippen LogP contribution in [0.25, 0.3) is 0 Å². The Balaban J connectivity index is 1.82. The molecule has 0 spiro atoms. The van der Waals surface area contributed by atoms with E-state index in [9.17, 15) is 5.11 Å². The number of fused-ring (bicyclic) bond motifs is 1. The van der Waals surface area contributed by atoms with E-state index in [1.165, 1.54) is 6.42 Å². The summed E-state index contributed by atoms with van der Waals surface area (Å²) in [7, 11) is 29.9. The molecule has 0 aromatic heterocycles. The number of ether oxygens (including phenoxy) is 1. The third-order valence-corrected chi connectivity index (χ3v) is 6.61. The van der Waals surface area contributed by atoms with Gasteiger partial charge >= 0.3 is 0 Å². The highest BCUT2D eigenvalue weighted by Crippen LogP contribution is 2.58. The predicted octanol–water partition coefficient (Wildman–Crippen LogP) is -0.279. The van der Waals surface area contributed by atoms with Crippen LogP contribution in [-0.4, -0.2) is 78.8 Å². The second-order valence-corrected chi connectivity index (χ2v) is 8.73. The molecule has 2 saturated heterocycles. The molecule has 8 heteroatoms. The van der Waals surface area contributed by atoms with Crippen LogP contribution in [0.15, 0.2) is 0 Å². The summed E-state index contributed by atoms with van der Waals surface area (Å²) in [4.78, 5) is 1.95. The van der Waals surface area contributed by atoms with E-state index in [-0.39, 0.29) is 23.7 Å². The second kappa shape index (κ2) is 5.11. The monoisotopic (exact) mass is 303 g/mol. The SMILES string of the molecule is [B]C1([B])CC(C([B])(O)N2CC3(C)CCC[C@]3(C)C2)CC([B])([B])O1. The van der Waals surface area contributed by atoms with Gasteiger partial charge < -0.3 is 9.84 Å². The number of likely N-dealkylation sites (tertiary alicyclic amines) is 1.